The van der Waals surface area contributed by atoms with E-state index >= 15 is 0 Å². The summed E-state index contributed by atoms with van der Waals surface area (Å²) in [6, 6.07) is 12.8. The van der Waals surface area contributed by atoms with Gasteiger partial charge in [-0.2, -0.15) is 0 Å². The van der Waals surface area contributed by atoms with E-state index in [2.05, 4.69) is 10.6 Å². The van der Waals surface area contributed by atoms with Crippen molar-refractivity contribution in [1.82, 2.24) is 0 Å². The average Bonchev–Trinajstić information content (AvgIpc) is 2.54. The molecule has 1 aliphatic rings. The summed E-state index contributed by atoms with van der Waals surface area (Å²) >= 11 is 0. The smallest absolute Gasteiger partial charge is 0.252 e. The summed E-state index contributed by atoms with van der Waals surface area (Å²) < 4.78 is 12.9. The third kappa shape index (κ3) is 3.08. The predicted octanol–water partition coefficient (Wildman–Crippen LogP) is 3.00. The van der Waals surface area contributed by atoms with E-state index in [0.717, 1.165) is 5.69 Å². The molecule has 2 N–H and O–H groups in total. The number of hydrogen-bond donors (Lipinski definition) is 2. The molecule has 0 saturated carbocycles. The molecule has 124 valence electrons. The zero-order valence-corrected chi connectivity index (χ0v) is 13.5. The van der Waals surface area contributed by atoms with Gasteiger partial charge in [-0.1, -0.05) is 12.1 Å². The minimum atomic E-state index is -0.801. The van der Waals surface area contributed by atoms with Crippen LogP contribution in [0, 0.1) is 5.82 Å². The fraction of sp³-hybridized carbons (Fsp3) is 0.222. The Morgan fingerprint density at radius 2 is 1.83 bits per heavy atom. The molecule has 3 rings (SSSR count). The first-order chi connectivity index (χ1) is 11.4. The van der Waals surface area contributed by atoms with E-state index in [4.69, 9.17) is 0 Å². The monoisotopic (exact) mass is 327 g/mol. The quantitative estimate of drug-likeness (QED) is 0.911. The van der Waals surface area contributed by atoms with Gasteiger partial charge in [-0.05, 0) is 50.2 Å². The third-order valence-electron chi connectivity index (χ3n) is 3.85. The summed E-state index contributed by atoms with van der Waals surface area (Å²) in [7, 11) is 0. The van der Waals surface area contributed by atoms with Gasteiger partial charge in [-0.3, -0.25) is 14.5 Å². The summed E-state index contributed by atoms with van der Waals surface area (Å²) in [5.41, 5.74) is 1.15. The number of nitrogens with one attached hydrogen (secondary N) is 2. The maximum Gasteiger partial charge on any atom is 0.252 e. The van der Waals surface area contributed by atoms with Gasteiger partial charge in [0.1, 0.15) is 17.9 Å². The first-order valence-electron chi connectivity index (χ1n) is 7.61. The molecule has 1 aliphatic heterocycles. The molecular formula is C18H18FN3O2. The van der Waals surface area contributed by atoms with E-state index in [1.807, 2.05) is 18.2 Å². The van der Waals surface area contributed by atoms with Gasteiger partial charge in [-0.15, -0.1) is 0 Å². The lowest BCUT2D eigenvalue weighted by Gasteiger charge is -2.39. The maximum absolute atomic E-state index is 12.9. The molecular weight excluding hydrogens is 309 g/mol. The van der Waals surface area contributed by atoms with E-state index in [0.29, 0.717) is 11.4 Å². The van der Waals surface area contributed by atoms with Crippen LogP contribution in [0.5, 0.6) is 0 Å². The summed E-state index contributed by atoms with van der Waals surface area (Å²) in [5.74, 6) is -0.904. The van der Waals surface area contributed by atoms with Crippen LogP contribution in [0.1, 0.15) is 13.8 Å². The minimum Gasteiger partial charge on any atom is -0.370 e. The number of carbonyl (C=O) groups is 2. The molecule has 0 fully saturated rings. The molecule has 0 unspecified atom stereocenters. The van der Waals surface area contributed by atoms with Crippen LogP contribution in [0.2, 0.25) is 0 Å². The predicted molar refractivity (Wildman–Crippen MR) is 91.5 cm³/mol. The molecule has 0 aromatic heterocycles. The van der Waals surface area contributed by atoms with Crippen molar-refractivity contribution in [3.8, 4) is 0 Å². The van der Waals surface area contributed by atoms with E-state index in [-0.39, 0.29) is 24.2 Å². The highest BCUT2D eigenvalue weighted by atomic mass is 19.1. The second kappa shape index (κ2) is 5.96. The molecule has 2 aromatic carbocycles. The van der Waals surface area contributed by atoms with Gasteiger partial charge in [-0.25, -0.2) is 4.39 Å². The van der Waals surface area contributed by atoms with Crippen molar-refractivity contribution >= 4 is 28.9 Å². The molecule has 2 aromatic rings. The van der Waals surface area contributed by atoms with Crippen molar-refractivity contribution < 1.29 is 14.0 Å². The first-order valence-corrected chi connectivity index (χ1v) is 7.61. The van der Waals surface area contributed by atoms with Gasteiger partial charge in [0.05, 0.1) is 11.4 Å². The van der Waals surface area contributed by atoms with Crippen LogP contribution in [-0.2, 0) is 9.59 Å². The van der Waals surface area contributed by atoms with Crippen LogP contribution in [0.4, 0.5) is 21.5 Å². The third-order valence-corrected chi connectivity index (χ3v) is 3.85. The van der Waals surface area contributed by atoms with Crippen LogP contribution in [0.3, 0.4) is 0 Å². The molecule has 0 spiro atoms. The molecule has 0 saturated heterocycles. The Morgan fingerprint density at radius 1 is 1.17 bits per heavy atom. The largest absolute Gasteiger partial charge is 0.370 e. The number of anilines is 3. The van der Waals surface area contributed by atoms with Crippen molar-refractivity contribution in [3.63, 3.8) is 0 Å². The lowest BCUT2D eigenvalue weighted by molar-refractivity contribution is -0.124. The zero-order valence-electron chi connectivity index (χ0n) is 13.5. The molecule has 24 heavy (non-hydrogen) atoms. The van der Waals surface area contributed by atoms with Crippen LogP contribution in [-0.4, -0.2) is 23.9 Å². The number of benzene rings is 2. The van der Waals surface area contributed by atoms with E-state index in [9.17, 15) is 14.0 Å². The molecule has 1 heterocycles. The van der Waals surface area contributed by atoms with Crippen LogP contribution in [0.15, 0.2) is 48.5 Å². The number of halogens is 1. The van der Waals surface area contributed by atoms with Crippen molar-refractivity contribution in [3.05, 3.63) is 54.3 Å². The van der Waals surface area contributed by atoms with Gasteiger partial charge in [0.15, 0.2) is 0 Å². The Morgan fingerprint density at radius 3 is 2.54 bits per heavy atom. The number of hydrogen-bond acceptors (Lipinski definition) is 3. The molecule has 5 nitrogen and oxygen atoms in total. The molecule has 0 radical (unpaired) electrons. The fourth-order valence-electron chi connectivity index (χ4n) is 2.69. The van der Waals surface area contributed by atoms with Gasteiger partial charge in [0.2, 0.25) is 5.91 Å². The van der Waals surface area contributed by atoms with Gasteiger partial charge in [0, 0.05) is 5.69 Å². The highest BCUT2D eigenvalue weighted by Gasteiger charge is 2.39. The van der Waals surface area contributed by atoms with Crippen LogP contribution >= 0.6 is 0 Å². The van der Waals surface area contributed by atoms with E-state index in [1.165, 1.54) is 29.2 Å². The number of carbonyl (C=O) groups excluding carboxylic acids is 2. The Balaban J connectivity index is 1.81. The standard InChI is InChI=1S/C18H18FN3O2/c1-18(2)17(24)22(15-6-4-3-5-14(15)21-18)11-16(23)20-13-9-7-12(19)8-10-13/h3-10,21H,11H2,1-2H3,(H,20,23). The number of nitrogens with zero attached hydrogens (tertiary/aromatic N) is 1. The number of amides is 2. The Hall–Kier alpha value is -2.89. The van der Waals surface area contributed by atoms with E-state index in [1.54, 1.807) is 19.9 Å². The summed E-state index contributed by atoms with van der Waals surface area (Å²) in [6.45, 7) is 3.44. The summed E-state index contributed by atoms with van der Waals surface area (Å²) in [6.07, 6.45) is 0. The SMILES string of the molecule is CC1(C)Nc2ccccc2N(CC(=O)Nc2ccc(F)cc2)C1=O. The molecule has 6 heteroatoms. The van der Waals surface area contributed by atoms with Crippen LogP contribution < -0.4 is 15.5 Å². The Kier molecular flexibility index (Phi) is 3.97. The molecule has 0 bridgehead atoms. The summed E-state index contributed by atoms with van der Waals surface area (Å²) in [4.78, 5) is 26.5. The maximum atomic E-state index is 12.9. The summed E-state index contributed by atoms with van der Waals surface area (Å²) in [5, 5.41) is 5.86. The highest BCUT2D eigenvalue weighted by molar-refractivity contribution is 6.11. The molecule has 0 aliphatic carbocycles. The van der Waals surface area contributed by atoms with Gasteiger partial charge >= 0.3 is 0 Å². The van der Waals surface area contributed by atoms with Crippen molar-refractivity contribution in [2.45, 2.75) is 19.4 Å². The second-order valence-corrected chi connectivity index (χ2v) is 6.21. The zero-order chi connectivity index (χ0) is 17.3. The topological polar surface area (TPSA) is 61.4 Å². The minimum absolute atomic E-state index is 0.113. The second-order valence-electron chi connectivity index (χ2n) is 6.21. The highest BCUT2D eigenvalue weighted by Crippen LogP contribution is 2.34. The van der Waals surface area contributed by atoms with Crippen molar-refractivity contribution in [2.24, 2.45) is 0 Å². The lowest BCUT2D eigenvalue weighted by Crippen LogP contribution is -2.55. The Labute approximate surface area is 139 Å². The number of rotatable bonds is 3. The normalized spacial score (nSPS) is 15.5. The van der Waals surface area contributed by atoms with Crippen molar-refractivity contribution in [1.29, 1.82) is 0 Å². The number of para-hydroxylation sites is 2. The first kappa shape index (κ1) is 16.0. The fourth-order valence-corrected chi connectivity index (χ4v) is 2.69. The Bertz CT molecular complexity index is 787. The average molecular weight is 327 g/mol. The number of fused-ring (bicyclic) bond motifs is 1. The molecule has 0 atom stereocenters. The van der Waals surface area contributed by atoms with Gasteiger partial charge in [0.25, 0.3) is 5.91 Å². The lowest BCUT2D eigenvalue weighted by atomic mass is 9.98. The van der Waals surface area contributed by atoms with E-state index < -0.39 is 5.54 Å². The van der Waals surface area contributed by atoms with Crippen molar-refractivity contribution in [2.75, 3.05) is 22.1 Å². The molecule has 2 amide bonds. The van der Waals surface area contributed by atoms with Crippen LogP contribution in [0.25, 0.3) is 0 Å². The van der Waals surface area contributed by atoms with Gasteiger partial charge < -0.3 is 10.6 Å².